The molecule has 0 bridgehead atoms. The number of benzene rings is 1. The predicted molar refractivity (Wildman–Crippen MR) is 133 cm³/mol. The summed E-state index contributed by atoms with van der Waals surface area (Å²) >= 11 is 0. The average Bonchev–Trinajstić information content (AvgIpc) is 3.63. The molecule has 1 N–H and O–H groups in total. The van der Waals surface area contributed by atoms with Gasteiger partial charge in [-0.05, 0) is 31.5 Å². The minimum absolute atomic E-state index is 0.135. The van der Waals surface area contributed by atoms with Gasteiger partial charge in [0.2, 0.25) is 0 Å². The van der Waals surface area contributed by atoms with Gasteiger partial charge in [0, 0.05) is 24.7 Å². The van der Waals surface area contributed by atoms with Gasteiger partial charge >= 0.3 is 0 Å². The summed E-state index contributed by atoms with van der Waals surface area (Å²) in [5, 5.41) is 11.1. The predicted octanol–water partition coefficient (Wildman–Crippen LogP) is 3.45. The van der Waals surface area contributed by atoms with Crippen molar-refractivity contribution in [3.8, 4) is 0 Å². The molecular formula is C25H25FN6O4S. The number of hydrogen-bond donors (Lipinski definition) is 1. The number of aromatic nitrogens is 5. The molecule has 1 fully saturated rings. The normalized spacial score (nSPS) is 20.1. The highest BCUT2D eigenvalue weighted by Gasteiger charge is 2.35. The number of likely N-dealkylation sites (tertiary alicyclic amines) is 1. The summed E-state index contributed by atoms with van der Waals surface area (Å²) in [6.45, 7) is 2.80. The Balaban J connectivity index is 1.44. The molecule has 1 aliphatic rings. The molecule has 4 aromatic heterocycles. The van der Waals surface area contributed by atoms with Crippen LogP contribution in [0.1, 0.15) is 37.1 Å². The van der Waals surface area contributed by atoms with Gasteiger partial charge in [-0.2, -0.15) is 0 Å². The number of nitrogens with zero attached hydrogens (tertiary/aromatic N) is 6. The number of rotatable bonds is 6. The number of pyridine rings is 1. The van der Waals surface area contributed by atoms with Gasteiger partial charge in [-0.1, -0.05) is 18.2 Å². The van der Waals surface area contributed by atoms with Crippen molar-refractivity contribution in [1.29, 1.82) is 0 Å². The van der Waals surface area contributed by atoms with E-state index in [1.54, 1.807) is 42.0 Å². The number of hydrogen-bond acceptors (Lipinski definition) is 8. The van der Waals surface area contributed by atoms with E-state index in [1.165, 1.54) is 30.9 Å². The smallest absolute Gasteiger partial charge is 0.269 e. The molecule has 5 heterocycles. The lowest BCUT2D eigenvalue weighted by molar-refractivity contribution is 0.0761. The van der Waals surface area contributed by atoms with Crippen LogP contribution in [-0.4, -0.2) is 61.2 Å². The Morgan fingerprint density at radius 2 is 2.03 bits per heavy atom. The molecule has 1 aliphatic heterocycles. The van der Waals surface area contributed by atoms with Crippen LogP contribution in [0, 0.1) is 0 Å². The zero-order chi connectivity index (χ0) is 25.7. The Morgan fingerprint density at radius 1 is 1.22 bits per heavy atom. The first kappa shape index (κ1) is 23.8. The number of piperidine rings is 1. The van der Waals surface area contributed by atoms with Crippen LogP contribution in [-0.2, 0) is 16.6 Å². The lowest BCUT2D eigenvalue weighted by Crippen LogP contribution is -2.42. The van der Waals surface area contributed by atoms with Gasteiger partial charge in [-0.25, -0.2) is 31.7 Å². The van der Waals surface area contributed by atoms with Crippen molar-refractivity contribution in [3.63, 3.8) is 0 Å². The van der Waals surface area contributed by atoms with Gasteiger partial charge in [0.15, 0.2) is 12.0 Å². The van der Waals surface area contributed by atoms with Gasteiger partial charge in [-0.15, -0.1) is 0 Å². The van der Waals surface area contributed by atoms with Crippen LogP contribution in [0.3, 0.4) is 0 Å². The van der Waals surface area contributed by atoms with Crippen molar-refractivity contribution in [2.75, 3.05) is 13.1 Å². The molecule has 37 heavy (non-hydrogen) atoms. The first-order valence-corrected chi connectivity index (χ1v) is 13.4. The van der Waals surface area contributed by atoms with E-state index in [4.69, 9.17) is 4.42 Å². The van der Waals surface area contributed by atoms with Crippen molar-refractivity contribution in [2.24, 2.45) is 0 Å². The maximum Gasteiger partial charge on any atom is 0.269 e. The molecule has 0 unspecified atom stereocenters. The minimum atomic E-state index is -3.90. The second-order valence-corrected chi connectivity index (χ2v) is 11.1. The van der Waals surface area contributed by atoms with Crippen LogP contribution >= 0.6 is 0 Å². The lowest BCUT2D eigenvalue weighted by Gasteiger charge is -2.36. The molecule has 5 aromatic rings. The molecule has 1 aromatic carbocycles. The quantitative estimate of drug-likeness (QED) is 0.359. The third-order valence-corrected chi connectivity index (χ3v) is 8.50. The monoisotopic (exact) mass is 524 g/mol. The fourth-order valence-electron chi connectivity index (χ4n) is 5.13. The summed E-state index contributed by atoms with van der Waals surface area (Å²) in [5.41, 5.74) is 1.24. The van der Waals surface area contributed by atoms with E-state index in [2.05, 4.69) is 15.0 Å². The fraction of sp³-hybridized carbons (Fsp3) is 0.320. The van der Waals surface area contributed by atoms with E-state index < -0.39 is 28.3 Å². The Kier molecular flexibility index (Phi) is 5.81. The van der Waals surface area contributed by atoms with E-state index in [9.17, 15) is 13.5 Å². The number of fused-ring (bicyclic) bond motifs is 3. The molecule has 1 saturated heterocycles. The first-order valence-electron chi connectivity index (χ1n) is 11.9. The van der Waals surface area contributed by atoms with E-state index in [-0.39, 0.29) is 17.1 Å². The van der Waals surface area contributed by atoms with Crippen LogP contribution in [0.4, 0.5) is 4.39 Å². The maximum absolute atomic E-state index is 15.7. The molecule has 0 radical (unpaired) electrons. The maximum atomic E-state index is 15.7. The third kappa shape index (κ3) is 4.01. The summed E-state index contributed by atoms with van der Waals surface area (Å²) in [6, 6.07) is 9.16. The Hall–Kier alpha value is -3.61. The number of imidazole rings is 1. The molecule has 6 rings (SSSR count). The summed E-state index contributed by atoms with van der Waals surface area (Å²) in [7, 11) is -3.90. The summed E-state index contributed by atoms with van der Waals surface area (Å²) in [5.74, 6) is 0.983. The standard InChI is InChI=1S/C25H25FN6O4S/c1-16(33)24-29-21-12-28-25-19(7-10-31(25)37(34,35)18-5-3-2-4-6-18)23(21)32(24)22-8-9-30(14-20(22)26)13-17-11-27-15-36-17/h2-7,10-12,15-16,20,22,33H,8-9,13-14H2,1H3/t16-,20-,22+/m1/s1. The zero-order valence-corrected chi connectivity index (χ0v) is 20.8. The topological polar surface area (TPSA) is 119 Å². The molecule has 0 amide bonds. The van der Waals surface area contributed by atoms with E-state index >= 15 is 4.39 Å². The molecule has 3 atom stereocenters. The average molecular weight is 525 g/mol. The number of aliphatic hydroxyl groups is 1. The molecule has 10 nitrogen and oxygen atoms in total. The van der Waals surface area contributed by atoms with E-state index in [0.717, 1.165) is 3.97 Å². The van der Waals surface area contributed by atoms with Crippen LogP contribution < -0.4 is 0 Å². The lowest BCUT2D eigenvalue weighted by atomic mass is 10.0. The van der Waals surface area contributed by atoms with Gasteiger partial charge in [0.05, 0.1) is 35.4 Å². The SMILES string of the molecule is C[C@@H](O)c1nc2cnc3c(ccn3S(=O)(=O)c3ccccc3)c2n1[C@H]1CCN(Cc2cnco2)C[C@H]1F. The largest absolute Gasteiger partial charge is 0.447 e. The second-order valence-electron chi connectivity index (χ2n) is 9.25. The number of halogens is 1. The molecule has 0 saturated carbocycles. The summed E-state index contributed by atoms with van der Waals surface area (Å²) in [4.78, 5) is 15.0. The number of aliphatic hydroxyl groups excluding tert-OH is 1. The second kappa shape index (κ2) is 9.05. The molecule has 0 aliphatic carbocycles. The van der Waals surface area contributed by atoms with Crippen molar-refractivity contribution < 1.29 is 22.3 Å². The minimum Gasteiger partial charge on any atom is -0.447 e. The van der Waals surface area contributed by atoms with Gasteiger partial charge in [0.1, 0.15) is 29.4 Å². The Bertz CT molecular complexity index is 1660. The first-order chi connectivity index (χ1) is 17.8. The summed E-state index contributed by atoms with van der Waals surface area (Å²) in [6.07, 6.45) is 4.14. The molecule has 192 valence electrons. The van der Waals surface area contributed by atoms with Crippen molar-refractivity contribution in [1.82, 2.24) is 28.4 Å². The fourth-order valence-corrected chi connectivity index (χ4v) is 6.45. The van der Waals surface area contributed by atoms with Crippen LogP contribution in [0.15, 0.2) is 70.7 Å². The van der Waals surface area contributed by atoms with Crippen molar-refractivity contribution >= 4 is 32.1 Å². The van der Waals surface area contributed by atoms with E-state index in [1.807, 2.05) is 4.90 Å². The number of oxazole rings is 1. The highest BCUT2D eigenvalue weighted by Crippen LogP contribution is 2.36. The van der Waals surface area contributed by atoms with Crippen LogP contribution in [0.25, 0.3) is 22.1 Å². The van der Waals surface area contributed by atoms with Crippen LogP contribution in [0.2, 0.25) is 0 Å². The zero-order valence-electron chi connectivity index (χ0n) is 20.0. The third-order valence-electron chi connectivity index (χ3n) is 6.82. The highest BCUT2D eigenvalue weighted by molar-refractivity contribution is 7.90. The van der Waals surface area contributed by atoms with Gasteiger partial charge in [0.25, 0.3) is 10.0 Å². The van der Waals surface area contributed by atoms with Gasteiger partial charge < -0.3 is 14.1 Å². The van der Waals surface area contributed by atoms with E-state index in [0.29, 0.717) is 47.5 Å². The molecule has 12 heteroatoms. The molecule has 0 spiro atoms. The summed E-state index contributed by atoms with van der Waals surface area (Å²) < 4.78 is 50.6. The highest BCUT2D eigenvalue weighted by atomic mass is 32.2. The van der Waals surface area contributed by atoms with Crippen LogP contribution in [0.5, 0.6) is 0 Å². The van der Waals surface area contributed by atoms with Gasteiger partial charge in [-0.3, -0.25) is 4.90 Å². The Labute approximate surface area is 212 Å². The Morgan fingerprint density at radius 3 is 2.73 bits per heavy atom. The van der Waals surface area contributed by atoms with Crippen molar-refractivity contribution in [3.05, 3.63) is 73.0 Å². The van der Waals surface area contributed by atoms with Crippen molar-refractivity contribution in [2.45, 2.75) is 43.1 Å². The number of alkyl halides is 1. The molecular weight excluding hydrogens is 499 g/mol.